The van der Waals surface area contributed by atoms with E-state index in [-0.39, 0.29) is 10.6 Å². The summed E-state index contributed by atoms with van der Waals surface area (Å²) in [7, 11) is 0. The fourth-order valence-electron chi connectivity index (χ4n) is 2.28. The van der Waals surface area contributed by atoms with Crippen LogP contribution in [0, 0.1) is 17.0 Å². The highest BCUT2D eigenvalue weighted by atomic mass is 32.2. The quantitative estimate of drug-likeness (QED) is 0.671. The minimum Gasteiger partial charge on any atom is -0.367 e. The van der Waals surface area contributed by atoms with E-state index >= 15 is 0 Å². The van der Waals surface area contributed by atoms with Crippen LogP contribution in [0.25, 0.3) is 0 Å². The number of nitrogens with one attached hydrogen (secondary N) is 1. The lowest BCUT2D eigenvalue weighted by Crippen LogP contribution is -2.17. The number of nitro groups is 1. The zero-order valence-corrected chi connectivity index (χ0v) is 11.4. The lowest BCUT2D eigenvalue weighted by Gasteiger charge is -2.13. The summed E-state index contributed by atoms with van der Waals surface area (Å²) in [6.45, 7) is 1.70. The van der Waals surface area contributed by atoms with Crippen molar-refractivity contribution < 1.29 is 4.92 Å². The average Bonchev–Trinajstić information content (AvgIpc) is 2.79. The number of aryl methyl sites for hydroxylation is 1. The van der Waals surface area contributed by atoms with Gasteiger partial charge in [0.05, 0.1) is 11.0 Å². The Bertz CT molecular complexity index is 453. The van der Waals surface area contributed by atoms with Crippen molar-refractivity contribution in [1.29, 1.82) is 0 Å². The molecule has 1 aliphatic carbocycles. The molecule has 1 heterocycles. The first-order valence-corrected chi connectivity index (χ1v) is 7.29. The fourth-order valence-corrected chi connectivity index (χ4v) is 3.08. The monoisotopic (exact) mass is 267 g/mol. The smallest absolute Gasteiger partial charge is 0.277 e. The van der Waals surface area contributed by atoms with Gasteiger partial charge in [0.2, 0.25) is 0 Å². The van der Waals surface area contributed by atoms with E-state index in [2.05, 4.69) is 16.6 Å². The van der Waals surface area contributed by atoms with Crippen LogP contribution >= 0.6 is 11.8 Å². The van der Waals surface area contributed by atoms with Crippen molar-refractivity contribution in [3.05, 3.63) is 27.9 Å². The summed E-state index contributed by atoms with van der Waals surface area (Å²) < 4.78 is 0. The Hall–Kier alpha value is -1.30. The molecular formula is C12H17N3O2S. The SMILES string of the molecule is CSC1CCC(Nc2cc([N+](=O)[O-])c(C)cn2)C1. The van der Waals surface area contributed by atoms with Crippen molar-refractivity contribution >= 4 is 23.3 Å². The van der Waals surface area contributed by atoms with Crippen LogP contribution in [0.2, 0.25) is 0 Å². The number of thioether (sulfide) groups is 1. The highest BCUT2D eigenvalue weighted by Crippen LogP contribution is 2.30. The van der Waals surface area contributed by atoms with E-state index in [4.69, 9.17) is 0 Å². The van der Waals surface area contributed by atoms with Gasteiger partial charge in [-0.25, -0.2) is 4.98 Å². The van der Waals surface area contributed by atoms with Gasteiger partial charge < -0.3 is 5.32 Å². The van der Waals surface area contributed by atoms with E-state index in [1.165, 1.54) is 12.5 Å². The van der Waals surface area contributed by atoms with E-state index in [1.807, 2.05) is 11.8 Å². The number of pyridine rings is 1. The minimum absolute atomic E-state index is 0.131. The predicted molar refractivity (Wildman–Crippen MR) is 74.2 cm³/mol. The summed E-state index contributed by atoms with van der Waals surface area (Å²) in [5.74, 6) is 0.610. The molecule has 1 aliphatic rings. The van der Waals surface area contributed by atoms with Gasteiger partial charge in [0.1, 0.15) is 5.82 Å². The molecule has 0 aliphatic heterocycles. The Kier molecular flexibility index (Phi) is 4.06. The predicted octanol–water partition coefficient (Wildman–Crippen LogP) is 2.99. The summed E-state index contributed by atoms with van der Waals surface area (Å²) >= 11 is 1.89. The summed E-state index contributed by atoms with van der Waals surface area (Å²) in [5, 5.41) is 14.9. The molecule has 5 nitrogen and oxygen atoms in total. The van der Waals surface area contributed by atoms with Crippen LogP contribution in [0.15, 0.2) is 12.3 Å². The lowest BCUT2D eigenvalue weighted by molar-refractivity contribution is -0.385. The van der Waals surface area contributed by atoms with E-state index in [1.54, 1.807) is 13.1 Å². The number of aromatic nitrogens is 1. The minimum atomic E-state index is -0.360. The summed E-state index contributed by atoms with van der Waals surface area (Å²) in [6, 6.07) is 1.92. The maximum atomic E-state index is 10.9. The largest absolute Gasteiger partial charge is 0.367 e. The number of hydrogen-bond donors (Lipinski definition) is 1. The van der Waals surface area contributed by atoms with Crippen molar-refractivity contribution in [1.82, 2.24) is 4.98 Å². The molecule has 1 fully saturated rings. The molecule has 6 heteroatoms. The van der Waals surface area contributed by atoms with Gasteiger partial charge >= 0.3 is 0 Å². The van der Waals surface area contributed by atoms with Gasteiger partial charge in [-0.3, -0.25) is 10.1 Å². The van der Waals surface area contributed by atoms with Gasteiger partial charge in [-0.05, 0) is 32.4 Å². The van der Waals surface area contributed by atoms with Crippen LogP contribution in [-0.2, 0) is 0 Å². The van der Waals surface area contributed by atoms with Gasteiger partial charge in [-0.1, -0.05) is 0 Å². The summed E-state index contributed by atoms with van der Waals surface area (Å²) in [6.07, 6.45) is 7.09. The molecule has 0 spiro atoms. The van der Waals surface area contributed by atoms with Gasteiger partial charge in [0, 0.05) is 23.1 Å². The van der Waals surface area contributed by atoms with Crippen molar-refractivity contribution in [2.45, 2.75) is 37.5 Å². The molecule has 0 saturated heterocycles. The van der Waals surface area contributed by atoms with Crippen LogP contribution < -0.4 is 5.32 Å². The van der Waals surface area contributed by atoms with Crippen molar-refractivity contribution in [2.75, 3.05) is 11.6 Å². The Labute approximate surface area is 111 Å². The second-order valence-corrected chi connectivity index (χ2v) is 5.76. The molecule has 0 radical (unpaired) electrons. The normalized spacial score (nSPS) is 23.0. The third-order valence-electron chi connectivity index (χ3n) is 3.34. The van der Waals surface area contributed by atoms with Crippen LogP contribution in [0.3, 0.4) is 0 Å². The molecule has 1 aromatic rings. The standard InChI is InChI=1S/C12H17N3O2S/c1-8-7-13-12(6-11(8)15(16)17)14-9-3-4-10(5-9)18-2/h6-7,9-10H,3-5H2,1-2H3,(H,13,14). The Morgan fingerprint density at radius 3 is 2.94 bits per heavy atom. The summed E-state index contributed by atoms with van der Waals surface area (Å²) in [4.78, 5) is 14.7. The first-order valence-electron chi connectivity index (χ1n) is 6.00. The molecule has 0 bridgehead atoms. The first kappa shape index (κ1) is 13.1. The van der Waals surface area contributed by atoms with Crippen LogP contribution in [0.5, 0.6) is 0 Å². The van der Waals surface area contributed by atoms with E-state index in [0.717, 1.165) is 12.8 Å². The van der Waals surface area contributed by atoms with E-state index < -0.39 is 0 Å². The van der Waals surface area contributed by atoms with Crippen LogP contribution in [0.1, 0.15) is 24.8 Å². The zero-order chi connectivity index (χ0) is 13.1. The number of nitrogens with zero attached hydrogens (tertiary/aromatic N) is 2. The molecule has 2 rings (SSSR count). The van der Waals surface area contributed by atoms with Crippen molar-refractivity contribution in [3.63, 3.8) is 0 Å². The molecule has 98 valence electrons. The molecular weight excluding hydrogens is 250 g/mol. The second kappa shape index (κ2) is 5.56. The Balaban J connectivity index is 2.06. The number of hydrogen-bond acceptors (Lipinski definition) is 5. The van der Waals surface area contributed by atoms with Gasteiger partial charge in [0.25, 0.3) is 5.69 Å². The molecule has 0 amide bonds. The van der Waals surface area contributed by atoms with Crippen LogP contribution in [0.4, 0.5) is 11.5 Å². The van der Waals surface area contributed by atoms with Crippen molar-refractivity contribution in [3.8, 4) is 0 Å². The zero-order valence-electron chi connectivity index (χ0n) is 10.5. The van der Waals surface area contributed by atoms with E-state index in [0.29, 0.717) is 22.7 Å². The van der Waals surface area contributed by atoms with Gasteiger partial charge in [0.15, 0.2) is 0 Å². The third kappa shape index (κ3) is 2.93. The molecule has 2 atom stereocenters. The lowest BCUT2D eigenvalue weighted by atomic mass is 10.2. The number of rotatable bonds is 4. The van der Waals surface area contributed by atoms with Gasteiger partial charge in [-0.15, -0.1) is 0 Å². The third-order valence-corrected chi connectivity index (χ3v) is 4.44. The van der Waals surface area contributed by atoms with Gasteiger partial charge in [-0.2, -0.15) is 11.8 Å². The number of anilines is 1. The van der Waals surface area contributed by atoms with E-state index in [9.17, 15) is 10.1 Å². The molecule has 0 aromatic carbocycles. The second-order valence-electron chi connectivity index (χ2n) is 4.63. The molecule has 2 unspecified atom stereocenters. The molecule has 1 N–H and O–H groups in total. The highest BCUT2D eigenvalue weighted by molar-refractivity contribution is 7.99. The Morgan fingerprint density at radius 2 is 2.33 bits per heavy atom. The summed E-state index contributed by atoms with van der Waals surface area (Å²) in [5.41, 5.74) is 0.728. The average molecular weight is 267 g/mol. The fraction of sp³-hybridized carbons (Fsp3) is 0.583. The van der Waals surface area contributed by atoms with Crippen LogP contribution in [-0.4, -0.2) is 27.5 Å². The Morgan fingerprint density at radius 1 is 1.56 bits per heavy atom. The topological polar surface area (TPSA) is 68.1 Å². The van der Waals surface area contributed by atoms with Crippen molar-refractivity contribution in [2.24, 2.45) is 0 Å². The maximum absolute atomic E-state index is 10.9. The molecule has 1 saturated carbocycles. The molecule has 1 aromatic heterocycles. The molecule has 18 heavy (non-hydrogen) atoms. The first-order chi connectivity index (χ1) is 8.60. The highest BCUT2D eigenvalue weighted by Gasteiger charge is 2.24. The maximum Gasteiger partial charge on any atom is 0.277 e.